The van der Waals surface area contributed by atoms with Gasteiger partial charge in [0.1, 0.15) is 11.6 Å². The average Bonchev–Trinajstić information content (AvgIpc) is 2.99. The van der Waals surface area contributed by atoms with Gasteiger partial charge in [-0.15, -0.1) is 17.0 Å². The maximum absolute atomic E-state index is 13.4. The molecule has 184 valence electrons. The molecule has 1 heterocycles. The van der Waals surface area contributed by atoms with Gasteiger partial charge in [-0.05, 0) is 53.1 Å². The summed E-state index contributed by atoms with van der Waals surface area (Å²) >= 11 is 0. The number of Topliss-reactive ketones (excluding diaryl/α,β-unsaturated/α-hetero) is 1. The number of fused-ring (bicyclic) bond motifs is 1. The predicted molar refractivity (Wildman–Crippen MR) is 142 cm³/mol. The molecule has 1 aliphatic rings. The molecular formula is C27H36BrN3O3. The highest BCUT2D eigenvalue weighted by Gasteiger charge is 2.31. The maximum atomic E-state index is 13.4. The molecule has 0 atom stereocenters. The van der Waals surface area contributed by atoms with Crippen molar-refractivity contribution >= 4 is 34.5 Å². The van der Waals surface area contributed by atoms with Crippen LogP contribution in [0, 0.1) is 12.3 Å². The number of nitrogens with zero attached hydrogens (tertiary/aromatic N) is 1. The molecule has 1 amide bonds. The van der Waals surface area contributed by atoms with Crippen LogP contribution in [0.15, 0.2) is 24.3 Å². The summed E-state index contributed by atoms with van der Waals surface area (Å²) in [4.78, 5) is 27.3. The Labute approximate surface area is 213 Å². The number of nitrogens with one attached hydrogen (secondary N) is 2. The number of phenolic OH excluding ortho intramolecular Hbond substituents is 1. The second-order valence-corrected chi connectivity index (χ2v) is 11.0. The highest BCUT2D eigenvalue weighted by Crippen LogP contribution is 2.40. The zero-order valence-corrected chi connectivity index (χ0v) is 23.1. The van der Waals surface area contributed by atoms with E-state index in [1.54, 1.807) is 24.1 Å². The van der Waals surface area contributed by atoms with Crippen LogP contribution in [0.4, 0.5) is 0 Å². The lowest BCUT2D eigenvalue weighted by Crippen LogP contribution is -2.30. The molecule has 0 fully saturated rings. The number of aromatic hydroxyl groups is 1. The van der Waals surface area contributed by atoms with Crippen LogP contribution in [-0.4, -0.2) is 41.1 Å². The minimum absolute atomic E-state index is 0. The largest absolute Gasteiger partial charge is 0.507 e. The van der Waals surface area contributed by atoms with Crippen molar-refractivity contribution in [3.63, 3.8) is 0 Å². The van der Waals surface area contributed by atoms with Gasteiger partial charge in [0.05, 0.1) is 6.54 Å². The van der Waals surface area contributed by atoms with Gasteiger partial charge in [0.2, 0.25) is 0 Å². The number of amidine groups is 1. The lowest BCUT2D eigenvalue weighted by atomic mass is 9.78. The molecule has 34 heavy (non-hydrogen) atoms. The number of hydrogen-bond acceptors (Lipinski definition) is 4. The first-order chi connectivity index (χ1) is 15.1. The molecule has 0 aliphatic carbocycles. The zero-order valence-electron chi connectivity index (χ0n) is 21.3. The smallest absolute Gasteiger partial charge is 0.251 e. The molecule has 0 spiro atoms. The van der Waals surface area contributed by atoms with Crippen LogP contribution >= 0.6 is 17.0 Å². The van der Waals surface area contributed by atoms with E-state index in [9.17, 15) is 14.7 Å². The number of aryl methyl sites for hydroxylation is 1. The van der Waals surface area contributed by atoms with Crippen molar-refractivity contribution in [1.82, 2.24) is 10.2 Å². The van der Waals surface area contributed by atoms with Crippen molar-refractivity contribution in [1.29, 1.82) is 5.41 Å². The van der Waals surface area contributed by atoms with Gasteiger partial charge < -0.3 is 15.3 Å². The molecule has 0 unspecified atom stereocenters. The Bertz CT molecular complexity index is 1120. The molecule has 3 rings (SSSR count). The second kappa shape index (κ2) is 9.53. The first kappa shape index (κ1) is 27.6. The second-order valence-electron chi connectivity index (χ2n) is 11.0. The average molecular weight is 531 g/mol. The Morgan fingerprint density at radius 3 is 2.03 bits per heavy atom. The van der Waals surface area contributed by atoms with Crippen molar-refractivity contribution in [2.24, 2.45) is 0 Å². The van der Waals surface area contributed by atoms with E-state index < -0.39 is 0 Å². The van der Waals surface area contributed by atoms with E-state index >= 15 is 0 Å². The Morgan fingerprint density at radius 2 is 1.56 bits per heavy atom. The Kier molecular flexibility index (Phi) is 7.73. The quantitative estimate of drug-likeness (QED) is 0.471. The molecule has 0 saturated heterocycles. The number of halogens is 1. The van der Waals surface area contributed by atoms with E-state index in [1.807, 2.05) is 60.6 Å². The number of rotatable bonds is 4. The summed E-state index contributed by atoms with van der Waals surface area (Å²) in [5, 5.41) is 22.2. The van der Waals surface area contributed by atoms with Gasteiger partial charge in [-0.25, -0.2) is 0 Å². The number of amides is 1. The lowest BCUT2D eigenvalue weighted by molar-refractivity contribution is 0.0953. The third kappa shape index (κ3) is 5.19. The van der Waals surface area contributed by atoms with Crippen molar-refractivity contribution in [2.75, 3.05) is 13.6 Å². The number of ketones is 1. The maximum Gasteiger partial charge on any atom is 0.251 e. The molecule has 0 saturated carbocycles. The third-order valence-corrected chi connectivity index (χ3v) is 6.24. The van der Waals surface area contributed by atoms with Crippen molar-refractivity contribution in [3.8, 4) is 5.75 Å². The van der Waals surface area contributed by atoms with Gasteiger partial charge in [0.25, 0.3) is 5.91 Å². The van der Waals surface area contributed by atoms with Crippen LogP contribution in [-0.2, 0) is 17.4 Å². The Balaban J connectivity index is 0.00000408. The number of carbonyl (C=O) groups is 2. The fourth-order valence-electron chi connectivity index (χ4n) is 4.28. The minimum atomic E-state index is -0.329. The van der Waals surface area contributed by atoms with Crippen LogP contribution in [0.3, 0.4) is 0 Å². The predicted octanol–water partition coefficient (Wildman–Crippen LogP) is 5.26. The summed E-state index contributed by atoms with van der Waals surface area (Å²) < 4.78 is 0. The van der Waals surface area contributed by atoms with Gasteiger partial charge >= 0.3 is 0 Å². The third-order valence-electron chi connectivity index (χ3n) is 6.24. The van der Waals surface area contributed by atoms with Crippen LogP contribution < -0.4 is 5.32 Å². The summed E-state index contributed by atoms with van der Waals surface area (Å²) in [6.07, 6.45) is 0. The first-order valence-corrected chi connectivity index (χ1v) is 11.3. The van der Waals surface area contributed by atoms with Crippen molar-refractivity contribution < 1.29 is 14.7 Å². The van der Waals surface area contributed by atoms with Gasteiger partial charge in [-0.1, -0.05) is 41.5 Å². The molecule has 1 aliphatic heterocycles. The molecule has 3 N–H and O–H groups in total. The van der Waals surface area contributed by atoms with E-state index in [1.165, 1.54) is 0 Å². The van der Waals surface area contributed by atoms with Crippen LogP contribution in [0.1, 0.15) is 90.1 Å². The van der Waals surface area contributed by atoms with Gasteiger partial charge in [0, 0.05) is 41.4 Å². The molecule has 2 aromatic rings. The summed E-state index contributed by atoms with van der Waals surface area (Å²) in [6.45, 7) is 14.4. The standard InChI is InChI=1S/C27H35N3O3.BrH/c1-15-9-19-17(10-18(15)25(33)29-8)13-30(24(19)28)14-22(31)16-11-20(26(2,3)4)23(32)21(12-16)27(5,6)7;/h9-12,28,32H,13-14H2,1-8H3,(H,29,33);1H. The fourth-order valence-corrected chi connectivity index (χ4v) is 4.28. The number of hydrogen-bond donors (Lipinski definition) is 3. The highest BCUT2D eigenvalue weighted by atomic mass is 79.9. The van der Waals surface area contributed by atoms with E-state index in [0.29, 0.717) is 17.7 Å². The highest BCUT2D eigenvalue weighted by molar-refractivity contribution is 8.93. The number of phenols is 1. The number of carbonyl (C=O) groups excluding carboxylic acids is 2. The van der Waals surface area contributed by atoms with Crippen LogP contribution in [0.5, 0.6) is 5.75 Å². The van der Waals surface area contributed by atoms with Gasteiger partial charge in [0.15, 0.2) is 5.78 Å². The molecule has 2 aromatic carbocycles. The summed E-state index contributed by atoms with van der Waals surface area (Å²) in [5.41, 5.74) is 4.36. The van der Waals surface area contributed by atoms with E-state index in [0.717, 1.165) is 27.8 Å². The Hall–Kier alpha value is -2.67. The van der Waals surface area contributed by atoms with E-state index in [-0.39, 0.29) is 57.6 Å². The molecule has 0 bridgehead atoms. The van der Waals surface area contributed by atoms with Crippen molar-refractivity contribution in [2.45, 2.75) is 65.8 Å². The molecule has 7 heteroatoms. The SMILES string of the molecule is Br.CNC(=O)c1cc2c(cc1C)C(=N)N(CC(=O)c1cc(C(C)(C)C)c(O)c(C(C)(C)C)c1)C2. The summed E-state index contributed by atoms with van der Waals surface area (Å²) in [7, 11) is 1.59. The molecule has 6 nitrogen and oxygen atoms in total. The number of benzene rings is 2. The topological polar surface area (TPSA) is 93.5 Å². The van der Waals surface area contributed by atoms with Crippen LogP contribution in [0.25, 0.3) is 0 Å². The van der Waals surface area contributed by atoms with Gasteiger partial charge in [-0.2, -0.15) is 0 Å². The summed E-state index contributed by atoms with van der Waals surface area (Å²) in [6, 6.07) is 7.24. The Morgan fingerprint density at radius 1 is 1.03 bits per heavy atom. The van der Waals surface area contributed by atoms with E-state index in [4.69, 9.17) is 5.41 Å². The fraction of sp³-hybridized carbons (Fsp3) is 0.444. The minimum Gasteiger partial charge on any atom is -0.507 e. The molecular weight excluding hydrogens is 494 g/mol. The molecule has 0 aromatic heterocycles. The summed E-state index contributed by atoms with van der Waals surface area (Å²) in [5.74, 6) is 0.262. The molecule has 0 radical (unpaired) electrons. The van der Waals surface area contributed by atoms with Gasteiger partial charge in [-0.3, -0.25) is 15.0 Å². The van der Waals surface area contributed by atoms with E-state index in [2.05, 4.69) is 5.32 Å². The van der Waals surface area contributed by atoms with Crippen molar-refractivity contribution in [3.05, 3.63) is 63.2 Å². The normalized spacial score (nSPS) is 13.4. The lowest BCUT2D eigenvalue weighted by Gasteiger charge is -2.28. The zero-order chi connectivity index (χ0) is 24.9. The first-order valence-electron chi connectivity index (χ1n) is 11.3. The van der Waals surface area contributed by atoms with Crippen LogP contribution in [0.2, 0.25) is 0 Å². The monoisotopic (exact) mass is 529 g/mol.